The number of hydrogen-bond donors (Lipinski definition) is 1. The molecule has 0 spiro atoms. The van der Waals surface area contributed by atoms with E-state index in [4.69, 9.17) is 10.4 Å². The molecule has 0 aliphatic rings. The van der Waals surface area contributed by atoms with E-state index in [1.807, 2.05) is 12.1 Å². The number of nitrogens with zero attached hydrogens (tertiary/aromatic N) is 1. The third-order valence-electron chi connectivity index (χ3n) is 1.83. The molecule has 1 rings (SSSR count). The summed E-state index contributed by atoms with van der Waals surface area (Å²) in [6.07, 6.45) is 1.98. The van der Waals surface area contributed by atoms with Crippen LogP contribution in [0, 0.1) is 17.9 Å². The van der Waals surface area contributed by atoms with Gasteiger partial charge in [-0.05, 0) is 29.7 Å². The molecule has 13 heavy (non-hydrogen) atoms. The molecular weight excluding hydrogens is 162 g/mol. The maximum atomic E-state index is 8.82. The van der Waals surface area contributed by atoms with E-state index < -0.39 is 0 Å². The zero-order chi connectivity index (χ0) is 9.68. The smallest absolute Gasteiger partial charge is 0.109 e. The molecule has 1 radical (unpaired) electrons. The molecule has 0 bridgehead atoms. The highest BCUT2D eigenvalue weighted by molar-refractivity contribution is 5.39. The molecule has 1 aromatic carbocycles. The van der Waals surface area contributed by atoms with Crippen molar-refractivity contribution in [1.82, 2.24) is 0 Å². The monoisotopic (exact) mass is 174 g/mol. The first-order valence-corrected chi connectivity index (χ1v) is 4.31. The number of aryl methyl sites for hydroxylation is 1. The lowest BCUT2D eigenvalue weighted by Gasteiger charge is -2.02. The second kappa shape index (κ2) is 4.64. The Hall–Kier alpha value is -1.33. The fraction of sp³-hybridized carbons (Fsp3) is 0.273. The molecule has 0 amide bonds. The Labute approximate surface area is 78.4 Å². The van der Waals surface area contributed by atoms with Gasteiger partial charge in [0.25, 0.3) is 0 Å². The molecule has 0 saturated carbocycles. The highest BCUT2D eigenvalue weighted by Crippen LogP contribution is 2.12. The van der Waals surface area contributed by atoms with Crippen LogP contribution in [0.1, 0.15) is 30.0 Å². The van der Waals surface area contributed by atoms with E-state index in [9.17, 15) is 0 Å². The van der Waals surface area contributed by atoms with E-state index in [1.54, 1.807) is 6.07 Å². The normalized spacial score (nSPS) is 9.62. The van der Waals surface area contributed by atoms with Crippen LogP contribution in [0.2, 0.25) is 0 Å². The zero-order valence-electron chi connectivity index (χ0n) is 7.62. The first-order valence-electron chi connectivity index (χ1n) is 4.31. The number of benzene rings is 1. The fourth-order valence-corrected chi connectivity index (χ4v) is 1.29. The van der Waals surface area contributed by atoms with Crippen molar-refractivity contribution >= 4 is 0 Å². The molecule has 0 unspecified atom stereocenters. The van der Waals surface area contributed by atoms with Crippen LogP contribution >= 0.6 is 0 Å². The summed E-state index contributed by atoms with van der Waals surface area (Å²) in [7, 11) is 0. The van der Waals surface area contributed by atoms with Crippen molar-refractivity contribution in [2.24, 2.45) is 0 Å². The van der Waals surface area contributed by atoms with Crippen molar-refractivity contribution in [3.8, 4) is 6.07 Å². The molecule has 1 N–H and O–H groups in total. The Balaban J connectivity index is 3.01. The Kier molecular flexibility index (Phi) is 3.48. The van der Waals surface area contributed by atoms with Crippen molar-refractivity contribution in [2.75, 3.05) is 0 Å². The van der Waals surface area contributed by atoms with Gasteiger partial charge >= 0.3 is 0 Å². The lowest BCUT2D eigenvalue weighted by atomic mass is 10.0. The molecule has 2 nitrogen and oxygen atoms in total. The zero-order valence-corrected chi connectivity index (χ0v) is 7.62. The van der Waals surface area contributed by atoms with Gasteiger partial charge in [-0.15, -0.1) is 0 Å². The summed E-state index contributed by atoms with van der Waals surface area (Å²) in [6.45, 7) is 3.11. The van der Waals surface area contributed by atoms with Gasteiger partial charge in [0.05, 0.1) is 11.6 Å². The molecule has 1 aromatic rings. The quantitative estimate of drug-likeness (QED) is 0.764. The number of aliphatic hydroxyl groups is 1. The summed E-state index contributed by atoms with van der Waals surface area (Å²) >= 11 is 0. The topological polar surface area (TPSA) is 44.0 Å². The molecule has 0 aliphatic carbocycles. The number of nitriles is 1. The average Bonchev–Trinajstić information content (AvgIpc) is 2.17. The number of hydrogen-bond acceptors (Lipinski definition) is 2. The summed E-state index contributed by atoms with van der Waals surface area (Å²) in [5.41, 5.74) is 2.40. The van der Waals surface area contributed by atoms with Crippen LogP contribution in [-0.4, -0.2) is 5.11 Å². The van der Waals surface area contributed by atoms with E-state index >= 15 is 0 Å². The van der Waals surface area contributed by atoms with Crippen molar-refractivity contribution in [3.05, 3.63) is 41.5 Å². The van der Waals surface area contributed by atoms with Crippen molar-refractivity contribution in [2.45, 2.75) is 19.8 Å². The van der Waals surface area contributed by atoms with Gasteiger partial charge in [0.15, 0.2) is 0 Å². The lowest BCUT2D eigenvalue weighted by Crippen LogP contribution is -1.89. The SMILES string of the molecule is CCCc1cc(C#N)cc([CH]O)c1. The number of aliphatic hydroxyl groups excluding tert-OH is 1. The average molecular weight is 174 g/mol. The molecule has 0 aromatic heterocycles. The summed E-state index contributed by atoms with van der Waals surface area (Å²) in [4.78, 5) is 0. The van der Waals surface area contributed by atoms with Crippen LogP contribution < -0.4 is 0 Å². The van der Waals surface area contributed by atoms with E-state index in [1.165, 1.54) is 0 Å². The molecule has 0 fully saturated rings. The summed E-state index contributed by atoms with van der Waals surface area (Å²) in [6, 6.07) is 7.49. The lowest BCUT2D eigenvalue weighted by molar-refractivity contribution is 0.414. The second-order valence-corrected chi connectivity index (χ2v) is 2.95. The highest BCUT2D eigenvalue weighted by Gasteiger charge is 1.99. The van der Waals surface area contributed by atoms with Gasteiger partial charge in [-0.1, -0.05) is 19.4 Å². The van der Waals surface area contributed by atoms with Crippen molar-refractivity contribution in [1.29, 1.82) is 5.26 Å². The minimum absolute atomic E-state index is 0.603. The number of rotatable bonds is 3. The predicted molar refractivity (Wildman–Crippen MR) is 50.5 cm³/mol. The Morgan fingerprint density at radius 1 is 1.46 bits per heavy atom. The Bertz CT molecular complexity index is 325. The third kappa shape index (κ3) is 2.57. The third-order valence-corrected chi connectivity index (χ3v) is 1.83. The van der Waals surface area contributed by atoms with Crippen molar-refractivity contribution in [3.63, 3.8) is 0 Å². The van der Waals surface area contributed by atoms with Crippen LogP contribution in [0.5, 0.6) is 0 Å². The van der Waals surface area contributed by atoms with E-state index in [2.05, 4.69) is 13.0 Å². The first-order chi connectivity index (χ1) is 6.30. The predicted octanol–water partition coefficient (Wildman–Crippen LogP) is 2.39. The van der Waals surface area contributed by atoms with Crippen LogP contribution in [-0.2, 0) is 6.42 Å². The van der Waals surface area contributed by atoms with Crippen LogP contribution in [0.15, 0.2) is 18.2 Å². The maximum Gasteiger partial charge on any atom is 0.109 e. The largest absolute Gasteiger partial charge is 0.385 e. The summed E-state index contributed by atoms with van der Waals surface area (Å²) in [5, 5.41) is 17.5. The van der Waals surface area contributed by atoms with E-state index in [0.29, 0.717) is 11.1 Å². The van der Waals surface area contributed by atoms with Gasteiger partial charge in [0, 0.05) is 0 Å². The van der Waals surface area contributed by atoms with Gasteiger partial charge < -0.3 is 5.11 Å². The molecule has 67 valence electrons. The minimum Gasteiger partial charge on any atom is -0.385 e. The molecular formula is C11H12NO. The molecule has 0 heterocycles. The highest BCUT2D eigenvalue weighted by atomic mass is 16.3. The van der Waals surface area contributed by atoms with E-state index in [0.717, 1.165) is 25.0 Å². The van der Waals surface area contributed by atoms with Crippen molar-refractivity contribution < 1.29 is 5.11 Å². The Morgan fingerprint density at radius 2 is 2.23 bits per heavy atom. The Morgan fingerprint density at radius 3 is 2.77 bits per heavy atom. The maximum absolute atomic E-state index is 8.82. The first kappa shape index (κ1) is 9.76. The summed E-state index contributed by atoms with van der Waals surface area (Å²) < 4.78 is 0. The van der Waals surface area contributed by atoms with Crippen LogP contribution in [0.3, 0.4) is 0 Å². The van der Waals surface area contributed by atoms with Crippen LogP contribution in [0.4, 0.5) is 0 Å². The minimum atomic E-state index is 0.603. The van der Waals surface area contributed by atoms with Gasteiger partial charge in [-0.25, -0.2) is 0 Å². The van der Waals surface area contributed by atoms with E-state index in [-0.39, 0.29) is 0 Å². The molecule has 2 heteroatoms. The fourth-order valence-electron chi connectivity index (χ4n) is 1.29. The molecule has 0 aliphatic heterocycles. The van der Waals surface area contributed by atoms with Gasteiger partial charge in [0.1, 0.15) is 6.61 Å². The molecule has 0 atom stereocenters. The van der Waals surface area contributed by atoms with Crippen LogP contribution in [0.25, 0.3) is 0 Å². The van der Waals surface area contributed by atoms with Gasteiger partial charge in [0.2, 0.25) is 0 Å². The summed E-state index contributed by atoms with van der Waals surface area (Å²) in [5.74, 6) is 0. The van der Waals surface area contributed by atoms with Gasteiger partial charge in [-0.2, -0.15) is 5.26 Å². The van der Waals surface area contributed by atoms with Gasteiger partial charge in [-0.3, -0.25) is 0 Å². The second-order valence-electron chi connectivity index (χ2n) is 2.95. The standard InChI is InChI=1S/C11H12NO/c1-2-3-9-4-10(7-12)6-11(5-9)8-13/h4-6,8,13H,2-3H2,1H3. The molecule has 0 saturated heterocycles.